The fraction of sp³-hybridized carbons (Fsp3) is 0.300. The summed E-state index contributed by atoms with van der Waals surface area (Å²) in [6, 6.07) is 12.2. The van der Waals surface area contributed by atoms with Crippen molar-refractivity contribution in [2.75, 3.05) is 26.0 Å². The quantitative estimate of drug-likeness (QED) is 0.567. The van der Waals surface area contributed by atoms with Crippen LogP contribution in [0.1, 0.15) is 12.4 Å². The number of aromatic nitrogens is 2. The Bertz CT molecular complexity index is 1040. The van der Waals surface area contributed by atoms with Gasteiger partial charge in [0.25, 0.3) is 0 Å². The van der Waals surface area contributed by atoms with Gasteiger partial charge in [-0.3, -0.25) is 9.36 Å². The predicted molar refractivity (Wildman–Crippen MR) is 106 cm³/mol. The molecular formula is C20H19F2N3O3S. The van der Waals surface area contributed by atoms with E-state index in [9.17, 15) is 13.6 Å². The average molecular weight is 419 g/mol. The number of carbonyl (C=O) groups is 1. The van der Waals surface area contributed by atoms with Gasteiger partial charge in [0.15, 0.2) is 11.5 Å². The van der Waals surface area contributed by atoms with Gasteiger partial charge in [-0.15, -0.1) is 11.8 Å². The van der Waals surface area contributed by atoms with Gasteiger partial charge >= 0.3 is 6.55 Å². The zero-order valence-electron chi connectivity index (χ0n) is 15.7. The Morgan fingerprint density at radius 3 is 2.76 bits per heavy atom. The number of imidazole rings is 1. The van der Waals surface area contributed by atoms with E-state index in [0.29, 0.717) is 35.7 Å². The average Bonchev–Trinajstić information content (AvgIpc) is 3.09. The van der Waals surface area contributed by atoms with Crippen molar-refractivity contribution in [3.63, 3.8) is 0 Å². The first kappa shape index (κ1) is 19.5. The Kier molecular flexibility index (Phi) is 5.57. The smallest absolute Gasteiger partial charge is 0.320 e. The topological polar surface area (TPSA) is 56.6 Å². The van der Waals surface area contributed by atoms with Crippen LogP contribution in [0.25, 0.3) is 11.0 Å². The van der Waals surface area contributed by atoms with Crippen molar-refractivity contribution in [2.45, 2.75) is 18.0 Å². The van der Waals surface area contributed by atoms with Gasteiger partial charge in [0.05, 0.1) is 23.3 Å². The van der Waals surface area contributed by atoms with Crippen molar-refractivity contribution in [3.05, 3.63) is 48.3 Å². The third-order valence-electron chi connectivity index (χ3n) is 4.54. The lowest BCUT2D eigenvalue weighted by molar-refractivity contribution is -0.127. The molecule has 1 aromatic heterocycles. The molecule has 0 saturated carbocycles. The Labute approximate surface area is 170 Å². The first-order valence-electron chi connectivity index (χ1n) is 9.03. The molecule has 152 valence electrons. The molecule has 0 saturated heterocycles. The van der Waals surface area contributed by atoms with Crippen LogP contribution in [0.5, 0.6) is 11.5 Å². The second-order valence-electron chi connectivity index (χ2n) is 6.51. The summed E-state index contributed by atoms with van der Waals surface area (Å²) in [5.41, 5.74) is 0.832. The molecule has 2 aromatic carbocycles. The highest BCUT2D eigenvalue weighted by molar-refractivity contribution is 8.00. The van der Waals surface area contributed by atoms with Crippen molar-refractivity contribution in [1.82, 2.24) is 14.5 Å². The normalized spacial score (nSPS) is 13.1. The van der Waals surface area contributed by atoms with Crippen LogP contribution in [-0.2, 0) is 11.3 Å². The van der Waals surface area contributed by atoms with Gasteiger partial charge < -0.3 is 14.4 Å². The summed E-state index contributed by atoms with van der Waals surface area (Å²) in [5.74, 6) is 1.49. The molecule has 0 atom stereocenters. The minimum atomic E-state index is -2.73. The van der Waals surface area contributed by atoms with Crippen LogP contribution in [0.2, 0.25) is 0 Å². The van der Waals surface area contributed by atoms with Gasteiger partial charge in [0.2, 0.25) is 5.91 Å². The van der Waals surface area contributed by atoms with E-state index in [4.69, 9.17) is 9.47 Å². The van der Waals surface area contributed by atoms with Crippen molar-refractivity contribution in [1.29, 1.82) is 0 Å². The molecule has 0 fully saturated rings. The van der Waals surface area contributed by atoms with Crippen molar-refractivity contribution in [3.8, 4) is 11.5 Å². The summed E-state index contributed by atoms with van der Waals surface area (Å²) in [4.78, 5) is 19.1. The fourth-order valence-corrected chi connectivity index (χ4v) is 3.96. The highest BCUT2D eigenvalue weighted by Gasteiger charge is 2.20. The number of hydrogen-bond donors (Lipinski definition) is 0. The van der Waals surface area contributed by atoms with E-state index in [2.05, 4.69) is 4.98 Å². The largest absolute Gasteiger partial charge is 0.486 e. The van der Waals surface area contributed by atoms with Gasteiger partial charge in [0, 0.05) is 11.9 Å². The lowest BCUT2D eigenvalue weighted by Crippen LogP contribution is -2.29. The number of carbonyl (C=O) groups excluding carboxylic acids is 1. The summed E-state index contributed by atoms with van der Waals surface area (Å²) in [5, 5.41) is 0. The number of thioether (sulfide) groups is 1. The molecule has 1 amide bonds. The maximum atomic E-state index is 13.5. The van der Waals surface area contributed by atoms with Gasteiger partial charge in [0.1, 0.15) is 19.0 Å². The summed E-state index contributed by atoms with van der Waals surface area (Å²) in [7, 11) is 1.59. The molecule has 0 aliphatic carbocycles. The zero-order chi connectivity index (χ0) is 20.4. The Morgan fingerprint density at radius 2 is 1.97 bits per heavy atom. The standard InChI is InChI=1S/C20H19F2N3O3S/c1-24(11-18-23-14-4-2-3-5-15(14)25(18)20(21)22)19(26)12-29-13-6-7-16-17(10-13)28-9-8-27-16/h2-7,10,20H,8-9,11-12H2,1H3. The molecule has 3 aromatic rings. The van der Waals surface area contributed by atoms with Crippen molar-refractivity contribution in [2.24, 2.45) is 0 Å². The zero-order valence-corrected chi connectivity index (χ0v) is 16.5. The van der Waals surface area contributed by atoms with Crippen LogP contribution in [0.3, 0.4) is 0 Å². The van der Waals surface area contributed by atoms with Gasteiger partial charge in [-0.1, -0.05) is 12.1 Å². The van der Waals surface area contributed by atoms with Crippen molar-refractivity contribution >= 4 is 28.7 Å². The lowest BCUT2D eigenvalue weighted by Gasteiger charge is -2.19. The highest BCUT2D eigenvalue weighted by Crippen LogP contribution is 2.34. The number of amides is 1. The summed E-state index contributed by atoms with van der Waals surface area (Å²) >= 11 is 1.35. The van der Waals surface area contributed by atoms with Crippen LogP contribution >= 0.6 is 11.8 Å². The highest BCUT2D eigenvalue weighted by atomic mass is 32.2. The van der Waals surface area contributed by atoms with Gasteiger partial charge in [-0.2, -0.15) is 8.78 Å². The molecule has 6 nitrogen and oxygen atoms in total. The molecule has 1 aliphatic rings. The first-order chi connectivity index (χ1) is 14.0. The van der Waals surface area contributed by atoms with Crippen LogP contribution in [0.15, 0.2) is 47.4 Å². The molecule has 0 N–H and O–H groups in total. The first-order valence-corrected chi connectivity index (χ1v) is 10.0. The number of para-hydroxylation sites is 2. The molecule has 0 spiro atoms. The molecule has 0 unspecified atom stereocenters. The predicted octanol–water partition coefficient (Wildman–Crippen LogP) is 3.95. The molecule has 2 heterocycles. The molecule has 9 heteroatoms. The summed E-state index contributed by atoms with van der Waals surface area (Å²) in [6.45, 7) is -1.72. The van der Waals surface area contributed by atoms with E-state index in [-0.39, 0.29) is 24.0 Å². The molecule has 1 aliphatic heterocycles. The second kappa shape index (κ2) is 8.28. The Balaban J connectivity index is 1.42. The lowest BCUT2D eigenvalue weighted by atomic mass is 10.3. The SMILES string of the molecule is CN(Cc1nc2ccccc2n1C(F)F)C(=O)CSc1ccc2c(c1)OCCO2. The van der Waals surface area contributed by atoms with Crippen LogP contribution < -0.4 is 9.47 Å². The Morgan fingerprint density at radius 1 is 1.21 bits per heavy atom. The van der Waals surface area contributed by atoms with E-state index in [0.717, 1.165) is 9.46 Å². The maximum absolute atomic E-state index is 13.5. The minimum absolute atomic E-state index is 0.000444. The number of halogens is 2. The van der Waals surface area contributed by atoms with Crippen LogP contribution in [0, 0.1) is 0 Å². The van der Waals surface area contributed by atoms with E-state index in [1.165, 1.54) is 16.7 Å². The Hall–Kier alpha value is -2.81. The third kappa shape index (κ3) is 4.14. The van der Waals surface area contributed by atoms with E-state index >= 15 is 0 Å². The number of nitrogens with zero attached hydrogens (tertiary/aromatic N) is 3. The number of hydrogen-bond acceptors (Lipinski definition) is 5. The fourth-order valence-electron chi connectivity index (χ4n) is 3.09. The summed E-state index contributed by atoms with van der Waals surface area (Å²) < 4.78 is 39.0. The maximum Gasteiger partial charge on any atom is 0.320 e. The summed E-state index contributed by atoms with van der Waals surface area (Å²) in [6.07, 6.45) is 0. The van der Waals surface area contributed by atoms with E-state index < -0.39 is 6.55 Å². The molecule has 0 bridgehead atoms. The van der Waals surface area contributed by atoms with Crippen molar-refractivity contribution < 1.29 is 23.0 Å². The van der Waals surface area contributed by atoms with E-state index in [1.54, 1.807) is 31.3 Å². The number of benzene rings is 2. The molecule has 4 rings (SSSR count). The van der Waals surface area contributed by atoms with Gasteiger partial charge in [-0.05, 0) is 30.3 Å². The number of rotatable bonds is 6. The van der Waals surface area contributed by atoms with Crippen LogP contribution in [-0.4, -0.2) is 46.4 Å². The van der Waals surface area contributed by atoms with E-state index in [1.807, 2.05) is 18.2 Å². The second-order valence-corrected chi connectivity index (χ2v) is 7.56. The molecule has 0 radical (unpaired) electrons. The monoisotopic (exact) mass is 419 g/mol. The van der Waals surface area contributed by atoms with Gasteiger partial charge in [-0.25, -0.2) is 4.98 Å². The van der Waals surface area contributed by atoms with Crippen LogP contribution in [0.4, 0.5) is 8.78 Å². The molecule has 29 heavy (non-hydrogen) atoms. The number of alkyl halides is 2. The number of fused-ring (bicyclic) bond motifs is 2. The third-order valence-corrected chi connectivity index (χ3v) is 5.52. The molecular weight excluding hydrogens is 400 g/mol. The minimum Gasteiger partial charge on any atom is -0.486 e. The number of ether oxygens (including phenoxy) is 2.